The number of hydrogen-bond donors (Lipinski definition) is 4. The molecule has 2 heterocycles. The molecule has 6 aliphatic rings. The fourth-order valence-electron chi connectivity index (χ4n) is 9.87. The molecule has 8 nitrogen and oxygen atoms in total. The number of hydrogen-bond acceptors (Lipinski definition) is 6. The van der Waals surface area contributed by atoms with Gasteiger partial charge in [-0.15, -0.1) is 0 Å². The van der Waals surface area contributed by atoms with Crippen LogP contribution < -0.4 is 10.6 Å². The standard InChI is InChI=1S/C40H48ClN3O5/c41-33-9-7-32(8-10-33)40(47)13-15-44(16-14-40)24-35-20-36(30-3-1-26(25-45)2-4-30)49-37(48-35)31-5-11-34(12-6-31)42-38(46)43-39-21-27-17-28(22-39)19-29(18-27)23-39/h1-12,27-29,35-37,45,47H,13-25H2,(H2,42,43,46). The summed E-state index contributed by atoms with van der Waals surface area (Å²) in [5.74, 6) is 2.32. The van der Waals surface area contributed by atoms with Crippen molar-refractivity contribution in [3.63, 3.8) is 0 Å². The highest BCUT2D eigenvalue weighted by molar-refractivity contribution is 6.30. The van der Waals surface area contributed by atoms with Crippen LogP contribution in [0.2, 0.25) is 5.02 Å². The van der Waals surface area contributed by atoms with Gasteiger partial charge in [-0.1, -0.05) is 60.1 Å². The van der Waals surface area contributed by atoms with Crippen molar-refractivity contribution in [3.05, 3.63) is 100 Å². The Balaban J connectivity index is 0.925. The third-order valence-corrected chi connectivity index (χ3v) is 12.3. The molecule has 3 aromatic carbocycles. The van der Waals surface area contributed by atoms with E-state index in [1.807, 2.05) is 72.8 Å². The predicted octanol–water partition coefficient (Wildman–Crippen LogP) is 7.45. The van der Waals surface area contributed by atoms with Crippen molar-refractivity contribution in [1.29, 1.82) is 0 Å². The van der Waals surface area contributed by atoms with Crippen LogP contribution in [0, 0.1) is 17.8 Å². The fraction of sp³-hybridized carbons (Fsp3) is 0.525. The van der Waals surface area contributed by atoms with Crippen LogP contribution in [-0.4, -0.2) is 52.4 Å². The minimum absolute atomic E-state index is 0.00155. The van der Waals surface area contributed by atoms with E-state index < -0.39 is 11.9 Å². The molecule has 4 bridgehead atoms. The molecule has 3 aromatic rings. The minimum Gasteiger partial charge on any atom is -0.392 e. The average molecular weight is 686 g/mol. The van der Waals surface area contributed by atoms with Gasteiger partial charge in [0.1, 0.15) is 0 Å². The number of rotatable bonds is 8. The maximum Gasteiger partial charge on any atom is 0.319 e. The first-order chi connectivity index (χ1) is 23.7. The second-order valence-corrected chi connectivity index (χ2v) is 16.0. The number of aliphatic hydroxyl groups is 2. The molecule has 4 N–H and O–H groups in total. The maximum atomic E-state index is 13.2. The first-order valence-corrected chi connectivity index (χ1v) is 18.5. The number of nitrogens with one attached hydrogen (secondary N) is 2. The van der Waals surface area contributed by atoms with Gasteiger partial charge in [-0.05, 0) is 110 Å². The number of benzene rings is 3. The molecule has 9 heteroatoms. The number of urea groups is 1. The number of nitrogens with zero attached hydrogens (tertiary/aromatic N) is 1. The van der Waals surface area contributed by atoms with Crippen molar-refractivity contribution >= 4 is 23.3 Å². The molecule has 2 saturated heterocycles. The highest BCUT2D eigenvalue weighted by atomic mass is 35.5. The number of carbonyl (C=O) groups excluding carboxylic acids is 1. The third kappa shape index (κ3) is 7.27. The van der Waals surface area contributed by atoms with E-state index >= 15 is 0 Å². The Morgan fingerprint density at radius 3 is 2.04 bits per heavy atom. The van der Waals surface area contributed by atoms with Crippen LogP contribution in [0.3, 0.4) is 0 Å². The van der Waals surface area contributed by atoms with Crippen LogP contribution in [0.5, 0.6) is 0 Å². The Kier molecular flexibility index (Phi) is 9.23. The van der Waals surface area contributed by atoms with Crippen LogP contribution in [0.1, 0.15) is 92.4 Å². The van der Waals surface area contributed by atoms with Crippen molar-refractivity contribution in [2.45, 2.75) is 94.0 Å². The molecule has 9 rings (SSSR count). The summed E-state index contributed by atoms with van der Waals surface area (Å²) in [5.41, 5.74) is 3.56. The number of amides is 2. The molecule has 260 valence electrons. The summed E-state index contributed by atoms with van der Waals surface area (Å²) in [4.78, 5) is 15.6. The molecule has 4 aliphatic carbocycles. The van der Waals surface area contributed by atoms with Gasteiger partial charge in [0.15, 0.2) is 6.29 Å². The number of anilines is 1. The number of ether oxygens (including phenoxy) is 2. The van der Waals surface area contributed by atoms with Gasteiger partial charge in [0.2, 0.25) is 0 Å². The molecule has 2 amide bonds. The van der Waals surface area contributed by atoms with E-state index in [0.717, 1.165) is 84.6 Å². The van der Waals surface area contributed by atoms with Gasteiger partial charge in [-0.25, -0.2) is 4.79 Å². The molecule has 49 heavy (non-hydrogen) atoms. The third-order valence-electron chi connectivity index (χ3n) is 12.0. The molecular formula is C40H48ClN3O5. The van der Waals surface area contributed by atoms with Gasteiger partial charge < -0.3 is 35.2 Å². The van der Waals surface area contributed by atoms with Crippen LogP contribution >= 0.6 is 11.6 Å². The molecule has 0 radical (unpaired) electrons. The normalized spacial score (nSPS) is 32.1. The van der Waals surface area contributed by atoms with Crippen molar-refractivity contribution in [2.24, 2.45) is 17.8 Å². The van der Waals surface area contributed by atoms with E-state index in [2.05, 4.69) is 15.5 Å². The fourth-order valence-corrected chi connectivity index (χ4v) is 9.99. The summed E-state index contributed by atoms with van der Waals surface area (Å²) in [6.45, 7) is 2.24. The summed E-state index contributed by atoms with van der Waals surface area (Å²) in [5, 5.41) is 28.2. The first kappa shape index (κ1) is 33.2. The molecule has 6 fully saturated rings. The van der Waals surface area contributed by atoms with Crippen molar-refractivity contribution in [3.8, 4) is 0 Å². The van der Waals surface area contributed by atoms with E-state index in [-0.39, 0.29) is 30.4 Å². The Morgan fingerprint density at radius 1 is 0.816 bits per heavy atom. The lowest BCUT2D eigenvalue weighted by molar-refractivity contribution is -0.253. The molecule has 3 atom stereocenters. The van der Waals surface area contributed by atoms with Crippen LogP contribution in [0.25, 0.3) is 0 Å². The monoisotopic (exact) mass is 685 g/mol. The Bertz CT molecular complexity index is 1570. The van der Waals surface area contributed by atoms with Gasteiger partial charge in [-0.3, -0.25) is 0 Å². The van der Waals surface area contributed by atoms with E-state index in [0.29, 0.717) is 24.3 Å². The van der Waals surface area contributed by atoms with Gasteiger partial charge in [-0.2, -0.15) is 0 Å². The molecule has 3 unspecified atom stereocenters. The lowest BCUT2D eigenvalue weighted by Gasteiger charge is -2.56. The summed E-state index contributed by atoms with van der Waals surface area (Å²) in [7, 11) is 0. The minimum atomic E-state index is -0.862. The van der Waals surface area contributed by atoms with Crippen molar-refractivity contribution < 1.29 is 24.5 Å². The van der Waals surface area contributed by atoms with Gasteiger partial charge >= 0.3 is 6.03 Å². The summed E-state index contributed by atoms with van der Waals surface area (Å²) in [6.07, 6.45) is 8.50. The SMILES string of the molecule is O=C(Nc1ccc(C2OC(CN3CCC(O)(c4ccc(Cl)cc4)CC3)CC(c3ccc(CO)cc3)O2)cc1)NC12CC3CC(CC(C3)C1)C2. The molecule has 4 saturated carbocycles. The quantitative estimate of drug-likeness (QED) is 0.196. The van der Waals surface area contributed by atoms with Crippen molar-refractivity contribution in [1.82, 2.24) is 10.2 Å². The first-order valence-electron chi connectivity index (χ1n) is 18.1. The van der Waals surface area contributed by atoms with Crippen LogP contribution in [0.15, 0.2) is 72.8 Å². The Labute approximate surface area is 294 Å². The summed E-state index contributed by atoms with van der Waals surface area (Å²) < 4.78 is 13.2. The molecule has 0 spiro atoms. The number of piperidine rings is 1. The second kappa shape index (κ2) is 13.6. The summed E-state index contributed by atoms with van der Waals surface area (Å²) in [6, 6.07) is 23.2. The highest BCUT2D eigenvalue weighted by Crippen LogP contribution is 2.55. The lowest BCUT2D eigenvalue weighted by atomic mass is 9.53. The number of halogens is 1. The van der Waals surface area contributed by atoms with E-state index in [1.165, 1.54) is 19.3 Å². The van der Waals surface area contributed by atoms with E-state index in [9.17, 15) is 15.0 Å². The Morgan fingerprint density at radius 2 is 1.43 bits per heavy atom. The molecule has 2 aliphatic heterocycles. The largest absolute Gasteiger partial charge is 0.392 e. The highest BCUT2D eigenvalue weighted by Gasteiger charge is 2.51. The van der Waals surface area contributed by atoms with Crippen molar-refractivity contribution in [2.75, 3.05) is 25.0 Å². The molecular weight excluding hydrogens is 638 g/mol. The zero-order chi connectivity index (χ0) is 33.6. The topological polar surface area (TPSA) is 103 Å². The van der Waals surface area contributed by atoms with E-state index in [4.69, 9.17) is 21.1 Å². The smallest absolute Gasteiger partial charge is 0.319 e. The second-order valence-electron chi connectivity index (χ2n) is 15.6. The molecule has 0 aromatic heterocycles. The van der Waals surface area contributed by atoms with Gasteiger partial charge in [0, 0.05) is 47.9 Å². The average Bonchev–Trinajstić information content (AvgIpc) is 3.09. The predicted molar refractivity (Wildman–Crippen MR) is 189 cm³/mol. The maximum absolute atomic E-state index is 13.2. The Hall–Kier alpha value is -2.98. The van der Waals surface area contributed by atoms with E-state index in [1.54, 1.807) is 0 Å². The number of aliphatic hydroxyl groups excluding tert-OH is 1. The van der Waals surface area contributed by atoms with Gasteiger partial charge in [0.25, 0.3) is 0 Å². The zero-order valence-electron chi connectivity index (χ0n) is 28.0. The lowest BCUT2D eigenvalue weighted by Crippen LogP contribution is -2.60. The number of carbonyl (C=O) groups is 1. The zero-order valence-corrected chi connectivity index (χ0v) is 28.8. The summed E-state index contributed by atoms with van der Waals surface area (Å²) >= 11 is 6.09. The van der Waals surface area contributed by atoms with Crippen LogP contribution in [0.4, 0.5) is 10.5 Å². The van der Waals surface area contributed by atoms with Gasteiger partial charge in [0.05, 0.1) is 24.4 Å². The van der Waals surface area contributed by atoms with Crippen LogP contribution in [-0.2, 0) is 21.7 Å². The number of likely N-dealkylation sites (tertiary alicyclic amines) is 1.